The first-order valence-corrected chi connectivity index (χ1v) is 10.4. The number of nitrogens with zero attached hydrogens (tertiary/aromatic N) is 2. The van der Waals surface area contributed by atoms with Crippen LogP contribution in [-0.2, 0) is 9.59 Å². The molecule has 2 aliphatic heterocycles. The van der Waals surface area contributed by atoms with Gasteiger partial charge in [0.25, 0.3) is 0 Å². The Bertz CT molecular complexity index is 698. The van der Waals surface area contributed by atoms with E-state index in [0.29, 0.717) is 12.2 Å². The van der Waals surface area contributed by atoms with Crippen LogP contribution in [0.3, 0.4) is 0 Å². The summed E-state index contributed by atoms with van der Waals surface area (Å²) in [6.07, 6.45) is 2.28. The maximum absolute atomic E-state index is 13.1. The van der Waals surface area contributed by atoms with Gasteiger partial charge in [0.05, 0.1) is 4.87 Å². The highest BCUT2D eigenvalue weighted by atomic mass is 32.2. The van der Waals surface area contributed by atoms with Crippen molar-refractivity contribution in [3.8, 4) is 0 Å². The molecule has 0 aliphatic carbocycles. The zero-order valence-corrected chi connectivity index (χ0v) is 17.0. The van der Waals surface area contributed by atoms with Crippen LogP contribution in [0.4, 0.5) is 5.69 Å². The molecule has 142 valence electrons. The Balaban J connectivity index is 1.82. The summed E-state index contributed by atoms with van der Waals surface area (Å²) in [5.41, 5.74) is 2.99. The second kappa shape index (κ2) is 7.61. The Hall–Kier alpha value is -1.53. The van der Waals surface area contributed by atoms with E-state index in [-0.39, 0.29) is 16.7 Å². The molecule has 5 nitrogen and oxygen atoms in total. The molecule has 1 aromatic rings. The molecule has 2 amide bonds. The molecule has 2 heterocycles. The van der Waals surface area contributed by atoms with Crippen molar-refractivity contribution in [2.45, 2.75) is 50.9 Å². The number of carbonyl (C=O) groups is 2. The number of piperidine rings is 1. The second-order valence-corrected chi connectivity index (χ2v) is 8.88. The minimum absolute atomic E-state index is 0.0659. The number of amides is 2. The molecule has 1 N–H and O–H groups in total. The Morgan fingerprint density at radius 3 is 2.62 bits per heavy atom. The Morgan fingerprint density at radius 1 is 1.27 bits per heavy atom. The SMILES string of the molecule is CCC(=O)N1C(C(=O)Nc2cc(C)ccc2C)CSC12CCN(C)CC2. The molecular formula is C20H29N3O2S. The summed E-state index contributed by atoms with van der Waals surface area (Å²) in [6.45, 7) is 7.82. The van der Waals surface area contributed by atoms with Crippen LogP contribution in [0.5, 0.6) is 0 Å². The van der Waals surface area contributed by atoms with Gasteiger partial charge in [0.1, 0.15) is 6.04 Å². The van der Waals surface area contributed by atoms with Gasteiger partial charge < -0.3 is 15.1 Å². The Kier molecular flexibility index (Phi) is 5.63. The first-order chi connectivity index (χ1) is 12.4. The number of aryl methyl sites for hydroxylation is 2. The first kappa shape index (κ1) is 19.2. The van der Waals surface area contributed by atoms with Crippen LogP contribution in [-0.4, -0.2) is 58.4 Å². The molecule has 1 atom stereocenters. The number of hydrogen-bond donors (Lipinski definition) is 1. The van der Waals surface area contributed by atoms with Gasteiger partial charge in [-0.1, -0.05) is 19.1 Å². The smallest absolute Gasteiger partial charge is 0.248 e. The Labute approximate surface area is 160 Å². The van der Waals surface area contributed by atoms with Gasteiger partial charge in [-0.2, -0.15) is 0 Å². The molecule has 2 fully saturated rings. The number of rotatable bonds is 3. The van der Waals surface area contributed by atoms with E-state index in [9.17, 15) is 9.59 Å². The third kappa shape index (κ3) is 3.62. The van der Waals surface area contributed by atoms with E-state index in [0.717, 1.165) is 42.7 Å². The van der Waals surface area contributed by atoms with E-state index in [4.69, 9.17) is 0 Å². The average molecular weight is 376 g/mol. The molecule has 1 aromatic carbocycles. The monoisotopic (exact) mass is 375 g/mol. The van der Waals surface area contributed by atoms with E-state index < -0.39 is 6.04 Å². The van der Waals surface area contributed by atoms with Gasteiger partial charge in [0.15, 0.2) is 0 Å². The third-order valence-corrected chi connectivity index (χ3v) is 7.18. The van der Waals surface area contributed by atoms with E-state index in [1.807, 2.05) is 43.9 Å². The highest BCUT2D eigenvalue weighted by molar-refractivity contribution is 8.01. The van der Waals surface area contributed by atoms with Crippen LogP contribution in [0.1, 0.15) is 37.3 Å². The summed E-state index contributed by atoms with van der Waals surface area (Å²) >= 11 is 1.79. The quantitative estimate of drug-likeness (QED) is 0.882. The largest absolute Gasteiger partial charge is 0.324 e. The van der Waals surface area contributed by atoms with Gasteiger partial charge in [0, 0.05) is 31.0 Å². The zero-order valence-electron chi connectivity index (χ0n) is 16.2. The molecule has 1 spiro atoms. The van der Waals surface area contributed by atoms with Crippen LogP contribution in [0, 0.1) is 13.8 Å². The molecule has 1 unspecified atom stereocenters. The summed E-state index contributed by atoms with van der Waals surface area (Å²) in [5.74, 6) is 0.691. The minimum atomic E-state index is -0.393. The lowest BCUT2D eigenvalue weighted by Gasteiger charge is -2.44. The summed E-state index contributed by atoms with van der Waals surface area (Å²) in [5, 5.41) is 3.08. The van der Waals surface area contributed by atoms with E-state index in [2.05, 4.69) is 17.3 Å². The van der Waals surface area contributed by atoms with Gasteiger partial charge in [-0.25, -0.2) is 0 Å². The van der Waals surface area contributed by atoms with E-state index in [1.54, 1.807) is 11.8 Å². The van der Waals surface area contributed by atoms with Crippen molar-refractivity contribution < 1.29 is 9.59 Å². The van der Waals surface area contributed by atoms with Crippen molar-refractivity contribution in [3.63, 3.8) is 0 Å². The highest BCUT2D eigenvalue weighted by Gasteiger charge is 2.52. The standard InChI is InChI=1S/C20H29N3O2S/c1-5-18(24)23-17(13-26-20(23)8-10-22(4)11-9-20)19(25)21-16-12-14(2)6-7-15(16)3/h6-7,12,17H,5,8-11,13H2,1-4H3,(H,21,25). The van der Waals surface area contributed by atoms with Crippen molar-refractivity contribution in [1.82, 2.24) is 9.80 Å². The Morgan fingerprint density at radius 2 is 1.96 bits per heavy atom. The van der Waals surface area contributed by atoms with E-state index in [1.165, 1.54) is 0 Å². The van der Waals surface area contributed by atoms with Crippen molar-refractivity contribution in [1.29, 1.82) is 0 Å². The molecule has 2 saturated heterocycles. The molecule has 2 aliphatic rings. The number of likely N-dealkylation sites (tertiary alicyclic amines) is 1. The maximum Gasteiger partial charge on any atom is 0.248 e. The lowest BCUT2D eigenvalue weighted by Crippen LogP contribution is -2.57. The summed E-state index contributed by atoms with van der Waals surface area (Å²) < 4.78 is 0. The van der Waals surface area contributed by atoms with E-state index >= 15 is 0 Å². The van der Waals surface area contributed by atoms with Gasteiger partial charge in [0.2, 0.25) is 11.8 Å². The van der Waals surface area contributed by atoms with Crippen LogP contribution in [0.25, 0.3) is 0 Å². The van der Waals surface area contributed by atoms with Crippen molar-refractivity contribution in [3.05, 3.63) is 29.3 Å². The fourth-order valence-corrected chi connectivity index (χ4v) is 5.47. The van der Waals surface area contributed by atoms with Crippen LogP contribution < -0.4 is 5.32 Å². The third-order valence-electron chi connectivity index (χ3n) is 5.55. The molecule has 0 radical (unpaired) electrons. The summed E-state index contributed by atoms with van der Waals surface area (Å²) in [4.78, 5) is 29.8. The summed E-state index contributed by atoms with van der Waals surface area (Å²) in [6, 6.07) is 5.65. The fraction of sp³-hybridized carbons (Fsp3) is 0.600. The minimum Gasteiger partial charge on any atom is -0.324 e. The topological polar surface area (TPSA) is 52.7 Å². The fourth-order valence-electron chi connectivity index (χ4n) is 3.87. The van der Waals surface area contributed by atoms with Gasteiger partial charge in [-0.15, -0.1) is 11.8 Å². The van der Waals surface area contributed by atoms with Crippen LogP contribution >= 0.6 is 11.8 Å². The molecule has 6 heteroatoms. The predicted octanol–water partition coefficient (Wildman–Crippen LogP) is 3.02. The molecule has 0 aromatic heterocycles. The maximum atomic E-state index is 13.1. The molecular weight excluding hydrogens is 346 g/mol. The van der Waals surface area contributed by atoms with Crippen LogP contribution in [0.15, 0.2) is 18.2 Å². The van der Waals surface area contributed by atoms with Crippen LogP contribution in [0.2, 0.25) is 0 Å². The number of thioether (sulfide) groups is 1. The number of benzene rings is 1. The second-order valence-electron chi connectivity index (χ2n) is 7.50. The van der Waals surface area contributed by atoms with Gasteiger partial charge >= 0.3 is 0 Å². The van der Waals surface area contributed by atoms with Gasteiger partial charge in [-0.05, 0) is 50.9 Å². The number of nitrogens with one attached hydrogen (secondary N) is 1. The number of carbonyl (C=O) groups excluding carboxylic acids is 2. The van der Waals surface area contributed by atoms with Gasteiger partial charge in [-0.3, -0.25) is 9.59 Å². The van der Waals surface area contributed by atoms with Crippen molar-refractivity contribution in [2.24, 2.45) is 0 Å². The first-order valence-electron chi connectivity index (χ1n) is 9.39. The summed E-state index contributed by atoms with van der Waals surface area (Å²) in [7, 11) is 2.11. The van der Waals surface area contributed by atoms with Crippen molar-refractivity contribution in [2.75, 3.05) is 31.2 Å². The zero-order chi connectivity index (χ0) is 18.9. The highest BCUT2D eigenvalue weighted by Crippen LogP contribution is 2.47. The molecule has 0 bridgehead atoms. The predicted molar refractivity (Wildman–Crippen MR) is 107 cm³/mol. The lowest BCUT2D eigenvalue weighted by molar-refractivity contribution is -0.141. The normalized spacial score (nSPS) is 22.6. The number of hydrogen-bond acceptors (Lipinski definition) is 4. The molecule has 3 rings (SSSR count). The molecule has 26 heavy (non-hydrogen) atoms. The lowest BCUT2D eigenvalue weighted by atomic mass is 10.00. The average Bonchev–Trinajstić information content (AvgIpc) is 2.99. The van der Waals surface area contributed by atoms with Crippen molar-refractivity contribution >= 4 is 29.3 Å². The number of anilines is 1. The molecule has 0 saturated carbocycles.